The van der Waals surface area contributed by atoms with Crippen LogP contribution in [0.5, 0.6) is 0 Å². The fourth-order valence-electron chi connectivity index (χ4n) is 1.76. The molecule has 0 unspecified atom stereocenters. The normalized spacial score (nSPS) is 15.9. The lowest BCUT2D eigenvalue weighted by Crippen LogP contribution is -2.59. The second kappa shape index (κ2) is 5.58. The predicted molar refractivity (Wildman–Crippen MR) is 70.0 cm³/mol. The Hall–Kier alpha value is -1.60. The molecule has 1 aliphatic heterocycles. The van der Waals surface area contributed by atoms with Crippen LogP contribution in [0.1, 0.15) is 5.56 Å². The highest BCUT2D eigenvalue weighted by Crippen LogP contribution is 2.16. The van der Waals surface area contributed by atoms with Crippen molar-refractivity contribution in [1.82, 2.24) is 9.62 Å². The Kier molecular flexibility index (Phi) is 4.06. The van der Waals surface area contributed by atoms with E-state index in [1.54, 1.807) is 0 Å². The van der Waals surface area contributed by atoms with E-state index < -0.39 is 21.4 Å². The van der Waals surface area contributed by atoms with Gasteiger partial charge in [-0.1, -0.05) is 30.3 Å². The summed E-state index contributed by atoms with van der Waals surface area (Å²) in [5, 5.41) is -0.540. The molecule has 1 fully saturated rings. The highest BCUT2D eigenvalue weighted by molar-refractivity contribution is 7.90. The van der Waals surface area contributed by atoms with E-state index in [0.717, 1.165) is 5.56 Å². The first-order valence-electron chi connectivity index (χ1n) is 5.91. The molecule has 2 rings (SSSR count). The van der Waals surface area contributed by atoms with Crippen molar-refractivity contribution < 1.29 is 17.9 Å². The third-order valence-electron chi connectivity index (χ3n) is 3.03. The van der Waals surface area contributed by atoms with E-state index >= 15 is 0 Å². The van der Waals surface area contributed by atoms with Crippen LogP contribution in [-0.4, -0.2) is 44.8 Å². The van der Waals surface area contributed by atoms with Gasteiger partial charge < -0.3 is 9.64 Å². The van der Waals surface area contributed by atoms with E-state index in [1.807, 2.05) is 30.3 Å². The van der Waals surface area contributed by atoms with Gasteiger partial charge in [-0.2, -0.15) is 0 Å². The van der Waals surface area contributed by atoms with Crippen molar-refractivity contribution in [3.63, 3.8) is 0 Å². The minimum absolute atomic E-state index is 0.177. The number of likely N-dealkylation sites (tertiary alicyclic amines) is 1. The average molecular weight is 284 g/mol. The van der Waals surface area contributed by atoms with Gasteiger partial charge in [-0.25, -0.2) is 17.9 Å². The fourth-order valence-corrected chi connectivity index (χ4v) is 2.85. The molecule has 0 spiro atoms. The molecule has 0 atom stereocenters. The van der Waals surface area contributed by atoms with E-state index in [0.29, 0.717) is 0 Å². The molecule has 104 valence electrons. The molecule has 7 heteroatoms. The van der Waals surface area contributed by atoms with Crippen molar-refractivity contribution in [3.8, 4) is 0 Å². The van der Waals surface area contributed by atoms with Crippen molar-refractivity contribution in [2.24, 2.45) is 0 Å². The third kappa shape index (κ3) is 3.24. The number of nitrogens with one attached hydrogen (secondary N) is 1. The lowest BCUT2D eigenvalue weighted by atomic mass is 10.2. The maximum atomic E-state index is 11.6. The molecule has 0 bridgehead atoms. The number of hydrogen-bond acceptors (Lipinski definition) is 4. The molecule has 0 saturated carbocycles. The van der Waals surface area contributed by atoms with Crippen molar-refractivity contribution in [2.45, 2.75) is 11.9 Å². The number of amides is 1. The van der Waals surface area contributed by atoms with Crippen LogP contribution in [0.25, 0.3) is 0 Å². The van der Waals surface area contributed by atoms with Crippen LogP contribution in [0, 0.1) is 0 Å². The van der Waals surface area contributed by atoms with E-state index in [1.165, 1.54) is 11.9 Å². The van der Waals surface area contributed by atoms with Crippen LogP contribution in [0.3, 0.4) is 0 Å². The molecule has 0 aliphatic carbocycles. The van der Waals surface area contributed by atoms with Gasteiger partial charge in [0.25, 0.3) is 0 Å². The Balaban J connectivity index is 1.78. The second-order valence-corrected chi connectivity index (χ2v) is 6.48. The summed E-state index contributed by atoms with van der Waals surface area (Å²) in [4.78, 5) is 13.0. The molecule has 1 saturated heterocycles. The molecule has 6 nitrogen and oxygen atoms in total. The standard InChI is InChI=1S/C12H16N2O4S/c1-13-19(16,17)11-7-14(8-11)12(15)18-9-10-5-3-2-4-6-10/h2-6,11,13H,7-9H2,1H3. The first-order valence-corrected chi connectivity index (χ1v) is 7.45. The van der Waals surface area contributed by atoms with Gasteiger partial charge in [-0.3, -0.25) is 0 Å². The zero-order valence-corrected chi connectivity index (χ0v) is 11.4. The number of rotatable bonds is 4. The van der Waals surface area contributed by atoms with E-state index in [-0.39, 0.29) is 19.7 Å². The van der Waals surface area contributed by atoms with Crippen LogP contribution in [0.4, 0.5) is 4.79 Å². The lowest BCUT2D eigenvalue weighted by Gasteiger charge is -2.37. The van der Waals surface area contributed by atoms with Crippen LogP contribution in [-0.2, 0) is 21.4 Å². The minimum Gasteiger partial charge on any atom is -0.445 e. The first kappa shape index (κ1) is 13.8. The second-order valence-electron chi connectivity index (χ2n) is 4.32. The van der Waals surface area contributed by atoms with Crippen LogP contribution in [0.15, 0.2) is 30.3 Å². The van der Waals surface area contributed by atoms with Crippen LogP contribution >= 0.6 is 0 Å². The minimum atomic E-state index is -3.29. The Bertz CT molecular complexity index is 538. The van der Waals surface area contributed by atoms with Crippen LogP contribution < -0.4 is 4.72 Å². The lowest BCUT2D eigenvalue weighted by molar-refractivity contribution is 0.0766. The van der Waals surface area contributed by atoms with Crippen molar-refractivity contribution in [1.29, 1.82) is 0 Å². The maximum absolute atomic E-state index is 11.6. The number of benzene rings is 1. The van der Waals surface area contributed by atoms with Gasteiger partial charge in [0.05, 0.1) is 0 Å². The summed E-state index contributed by atoms with van der Waals surface area (Å²) in [5.74, 6) is 0. The van der Waals surface area contributed by atoms with Crippen molar-refractivity contribution in [2.75, 3.05) is 20.1 Å². The molecule has 0 aromatic heterocycles. The Morgan fingerprint density at radius 2 is 2.00 bits per heavy atom. The molecule has 1 aromatic rings. The van der Waals surface area contributed by atoms with Crippen LogP contribution in [0.2, 0.25) is 0 Å². The smallest absolute Gasteiger partial charge is 0.410 e. The number of carbonyl (C=O) groups excluding carboxylic acids is 1. The number of sulfonamides is 1. The van der Waals surface area contributed by atoms with Gasteiger partial charge in [-0.15, -0.1) is 0 Å². The molecular formula is C12H16N2O4S. The van der Waals surface area contributed by atoms with Gasteiger partial charge >= 0.3 is 6.09 Å². The highest BCUT2D eigenvalue weighted by Gasteiger charge is 2.39. The highest BCUT2D eigenvalue weighted by atomic mass is 32.2. The number of nitrogens with zero attached hydrogens (tertiary/aromatic N) is 1. The molecule has 0 radical (unpaired) electrons. The average Bonchev–Trinajstić information content (AvgIpc) is 2.35. The van der Waals surface area contributed by atoms with Crippen molar-refractivity contribution in [3.05, 3.63) is 35.9 Å². The molecule has 1 amide bonds. The maximum Gasteiger partial charge on any atom is 0.410 e. The first-order chi connectivity index (χ1) is 9.03. The third-order valence-corrected chi connectivity index (χ3v) is 4.78. The zero-order chi connectivity index (χ0) is 13.9. The Labute approximate surface area is 112 Å². The fraction of sp³-hybridized carbons (Fsp3) is 0.417. The Morgan fingerprint density at radius 1 is 1.37 bits per heavy atom. The number of carbonyl (C=O) groups is 1. The summed E-state index contributed by atoms with van der Waals surface area (Å²) in [5.41, 5.74) is 0.899. The summed E-state index contributed by atoms with van der Waals surface area (Å²) >= 11 is 0. The number of ether oxygens (including phenoxy) is 1. The van der Waals surface area contributed by atoms with Gasteiger partial charge in [0.2, 0.25) is 10.0 Å². The molecule has 19 heavy (non-hydrogen) atoms. The topological polar surface area (TPSA) is 75.7 Å². The van der Waals surface area contributed by atoms with Crippen molar-refractivity contribution >= 4 is 16.1 Å². The van der Waals surface area contributed by atoms with Gasteiger partial charge in [0, 0.05) is 13.1 Å². The van der Waals surface area contributed by atoms with Gasteiger partial charge in [0.15, 0.2) is 0 Å². The molecule has 1 aromatic carbocycles. The Morgan fingerprint density at radius 3 is 2.58 bits per heavy atom. The van der Waals surface area contributed by atoms with E-state index in [4.69, 9.17) is 4.74 Å². The summed E-state index contributed by atoms with van der Waals surface area (Å²) < 4.78 is 30.2. The van der Waals surface area contributed by atoms with E-state index in [9.17, 15) is 13.2 Å². The quantitative estimate of drug-likeness (QED) is 0.876. The van der Waals surface area contributed by atoms with E-state index in [2.05, 4.69) is 4.72 Å². The van der Waals surface area contributed by atoms with Gasteiger partial charge in [-0.05, 0) is 12.6 Å². The monoisotopic (exact) mass is 284 g/mol. The van der Waals surface area contributed by atoms with Gasteiger partial charge in [0.1, 0.15) is 11.9 Å². The summed E-state index contributed by atoms with van der Waals surface area (Å²) in [6.07, 6.45) is -0.480. The summed E-state index contributed by atoms with van der Waals surface area (Å²) in [6.45, 7) is 0.549. The molecule has 1 aliphatic rings. The number of hydrogen-bond donors (Lipinski definition) is 1. The predicted octanol–water partition coefficient (Wildman–Crippen LogP) is 0.557. The largest absolute Gasteiger partial charge is 0.445 e. The SMILES string of the molecule is CNS(=O)(=O)C1CN(C(=O)OCc2ccccc2)C1. The molecule has 1 N–H and O–H groups in total. The summed E-state index contributed by atoms with van der Waals surface area (Å²) in [6, 6.07) is 9.33. The summed E-state index contributed by atoms with van der Waals surface area (Å²) in [7, 11) is -1.93. The molecular weight excluding hydrogens is 268 g/mol. The zero-order valence-electron chi connectivity index (χ0n) is 10.6. The molecule has 1 heterocycles.